The summed E-state index contributed by atoms with van der Waals surface area (Å²) in [5, 5.41) is 0. The Morgan fingerprint density at radius 3 is 1.82 bits per heavy atom. The third-order valence-electron chi connectivity index (χ3n) is 5.40. The Morgan fingerprint density at radius 1 is 0.857 bits per heavy atom. The lowest BCUT2D eigenvalue weighted by molar-refractivity contribution is 0.480. The molecule has 0 aliphatic heterocycles. The first-order valence-electron chi connectivity index (χ1n) is 9.98. The molecule has 0 heterocycles. The summed E-state index contributed by atoms with van der Waals surface area (Å²) < 4.78 is 23.2. The predicted octanol–water partition coefficient (Wildman–Crippen LogP) is 6.69. The highest BCUT2D eigenvalue weighted by Crippen LogP contribution is 2.42. The molecule has 1 atom stereocenters. The van der Waals surface area contributed by atoms with Crippen molar-refractivity contribution in [1.82, 2.24) is 0 Å². The normalized spacial score (nSPS) is 13.6. The molecule has 28 heavy (non-hydrogen) atoms. The van der Waals surface area contributed by atoms with Crippen molar-refractivity contribution in [1.29, 1.82) is 0 Å². The molecule has 2 rings (SSSR count). The van der Waals surface area contributed by atoms with Crippen molar-refractivity contribution < 1.29 is 8.63 Å². The van der Waals surface area contributed by atoms with Gasteiger partial charge in [0.05, 0.1) is 4.90 Å². The quantitative estimate of drug-likeness (QED) is 0.356. The fourth-order valence-electron chi connectivity index (χ4n) is 4.00. The summed E-state index contributed by atoms with van der Waals surface area (Å²) in [6, 6.07) is 15.6. The van der Waals surface area contributed by atoms with E-state index in [9.17, 15) is 4.21 Å². The molecule has 2 aromatic carbocycles. The van der Waals surface area contributed by atoms with Gasteiger partial charge in [0.25, 0.3) is 8.32 Å². The lowest BCUT2D eigenvalue weighted by Gasteiger charge is -2.42. The summed E-state index contributed by atoms with van der Waals surface area (Å²) in [6.45, 7) is 15.7. The second-order valence-corrected chi connectivity index (χ2v) is 14.8. The third kappa shape index (κ3) is 5.20. The maximum atomic E-state index is 12.3. The molecule has 0 aliphatic carbocycles. The van der Waals surface area contributed by atoms with Gasteiger partial charge in [-0.15, -0.1) is 0 Å². The third-order valence-corrected chi connectivity index (χ3v) is 12.4. The van der Waals surface area contributed by atoms with Gasteiger partial charge in [-0.05, 0) is 65.5 Å². The first-order valence-corrected chi connectivity index (χ1v) is 13.2. The average Bonchev–Trinajstić information content (AvgIpc) is 2.64. The van der Waals surface area contributed by atoms with E-state index in [-0.39, 0.29) is 0 Å². The summed E-state index contributed by atoms with van der Waals surface area (Å²) in [4.78, 5) is 0.711. The van der Waals surface area contributed by atoms with Crippen molar-refractivity contribution in [2.75, 3.05) is 0 Å². The molecule has 0 spiro atoms. The van der Waals surface area contributed by atoms with Crippen LogP contribution in [0.4, 0.5) is 0 Å². The fraction of sp³-hybridized carbons (Fsp3) is 0.435. The van der Waals surface area contributed by atoms with Gasteiger partial charge in [-0.25, -0.2) is 4.21 Å². The topological polar surface area (TPSA) is 38.7 Å². The lowest BCUT2D eigenvalue weighted by Crippen LogP contribution is -2.50. The maximum Gasteiger partial charge on any atom is 0.258 e. The zero-order chi connectivity index (χ0) is 20.9. The molecule has 0 fully saturated rings. The average molecular weight is 416 g/mol. The minimum absolute atomic E-state index is 0.533. The van der Waals surface area contributed by atoms with Gasteiger partial charge in [0.1, 0.15) is 5.75 Å². The molecule has 0 radical (unpaired) electrons. The van der Waals surface area contributed by atoms with Crippen molar-refractivity contribution in [2.45, 2.75) is 70.0 Å². The van der Waals surface area contributed by atoms with Crippen LogP contribution in [0.5, 0.6) is 5.75 Å². The fourth-order valence-corrected chi connectivity index (χ4v) is 9.96. The highest BCUT2D eigenvalue weighted by Gasteiger charge is 2.46. The van der Waals surface area contributed by atoms with Gasteiger partial charge in [-0.3, -0.25) is 0 Å². The van der Waals surface area contributed by atoms with Crippen LogP contribution in [0.1, 0.15) is 52.7 Å². The van der Waals surface area contributed by atoms with E-state index in [2.05, 4.69) is 45.9 Å². The van der Waals surface area contributed by atoms with Crippen LogP contribution < -0.4 is 4.43 Å². The van der Waals surface area contributed by atoms with Crippen molar-refractivity contribution in [3.05, 3.63) is 59.7 Å². The van der Waals surface area contributed by atoms with Gasteiger partial charge in [-0.1, -0.05) is 59.2 Å². The van der Waals surface area contributed by atoms with Crippen LogP contribution in [0.2, 0.25) is 16.6 Å². The van der Waals surface area contributed by atoms with Gasteiger partial charge in [0.15, 0.2) is 11.0 Å². The molecule has 0 saturated heterocycles. The van der Waals surface area contributed by atoms with Gasteiger partial charge < -0.3 is 4.43 Å². The van der Waals surface area contributed by atoms with Crippen molar-refractivity contribution >= 4 is 25.5 Å². The largest absolute Gasteiger partial charge is 0.543 e. The van der Waals surface area contributed by atoms with Crippen LogP contribution in [0, 0.1) is 6.92 Å². The van der Waals surface area contributed by atoms with Gasteiger partial charge in [-0.2, -0.15) is 4.40 Å². The molecule has 0 saturated carbocycles. The van der Waals surface area contributed by atoms with Crippen LogP contribution in [0.25, 0.3) is 0 Å². The molecule has 2 aromatic rings. The Hall–Kier alpha value is -1.72. The number of benzene rings is 2. The number of nitrogens with zero attached hydrogens (tertiary/aromatic N) is 1. The zero-order valence-corrected chi connectivity index (χ0v) is 19.9. The van der Waals surface area contributed by atoms with Crippen LogP contribution in [0.3, 0.4) is 0 Å². The van der Waals surface area contributed by atoms with E-state index in [1.165, 1.54) is 0 Å². The first kappa shape index (κ1) is 22.6. The summed E-state index contributed by atoms with van der Waals surface area (Å²) in [5.41, 5.74) is 3.66. The molecule has 5 heteroatoms. The molecule has 1 unspecified atom stereocenters. The predicted molar refractivity (Wildman–Crippen MR) is 123 cm³/mol. The van der Waals surface area contributed by atoms with Gasteiger partial charge in [0.2, 0.25) is 0 Å². The molecular weight excluding hydrogens is 382 g/mol. The SMILES string of the molecule is Cc1ccc(S(=O)N=Cc2ccc(O[Si](C(C)C)(C(C)C)C(C)C)cc2)cc1. The summed E-state index contributed by atoms with van der Waals surface area (Å²) in [5.74, 6) is 0.916. The van der Waals surface area contributed by atoms with E-state index in [1.54, 1.807) is 6.21 Å². The van der Waals surface area contributed by atoms with Crippen molar-refractivity contribution in [2.24, 2.45) is 4.40 Å². The van der Waals surface area contributed by atoms with E-state index >= 15 is 0 Å². The first-order chi connectivity index (χ1) is 13.2. The highest BCUT2D eigenvalue weighted by atomic mass is 32.2. The van der Waals surface area contributed by atoms with Crippen LogP contribution in [-0.2, 0) is 11.0 Å². The molecule has 0 aromatic heterocycles. The second-order valence-electron chi connectivity index (χ2n) is 8.29. The van der Waals surface area contributed by atoms with E-state index in [4.69, 9.17) is 4.43 Å². The van der Waals surface area contributed by atoms with Crippen molar-refractivity contribution in [3.8, 4) is 5.75 Å². The Kier molecular flexibility index (Phi) is 7.78. The zero-order valence-electron chi connectivity index (χ0n) is 18.1. The van der Waals surface area contributed by atoms with Gasteiger partial charge in [0, 0.05) is 6.21 Å². The Balaban J connectivity index is 2.14. The number of aryl methyl sites for hydroxylation is 1. The molecule has 0 amide bonds. The minimum Gasteiger partial charge on any atom is -0.543 e. The van der Waals surface area contributed by atoms with Crippen LogP contribution in [0.15, 0.2) is 57.8 Å². The second kappa shape index (κ2) is 9.66. The van der Waals surface area contributed by atoms with Gasteiger partial charge >= 0.3 is 0 Å². The summed E-state index contributed by atoms with van der Waals surface area (Å²) in [7, 11) is -3.34. The number of hydrogen-bond acceptors (Lipinski definition) is 2. The van der Waals surface area contributed by atoms with E-state index in [1.807, 2.05) is 55.5 Å². The van der Waals surface area contributed by atoms with Crippen molar-refractivity contribution in [3.63, 3.8) is 0 Å². The molecular formula is C23H33NO2SSi. The molecule has 0 N–H and O–H groups in total. The minimum atomic E-state index is -1.95. The monoisotopic (exact) mass is 415 g/mol. The Labute approximate surface area is 174 Å². The molecule has 0 aliphatic rings. The van der Waals surface area contributed by atoms with Crippen LogP contribution in [-0.4, -0.2) is 18.7 Å². The summed E-state index contributed by atoms with van der Waals surface area (Å²) in [6.07, 6.45) is 1.66. The molecule has 3 nitrogen and oxygen atoms in total. The molecule has 0 bridgehead atoms. The standard InChI is InChI=1S/C23H33NO2SSi/c1-17(2)28(18(3)4,19(5)6)26-22-12-10-21(11-13-22)16-24-27(25)23-14-8-20(7)9-15-23/h8-19H,1-7H3. The van der Waals surface area contributed by atoms with Crippen LogP contribution >= 0.6 is 0 Å². The Morgan fingerprint density at radius 2 is 1.36 bits per heavy atom. The Bertz CT molecular complexity index is 790. The van der Waals surface area contributed by atoms with E-state index in [0.717, 1.165) is 16.9 Å². The molecule has 152 valence electrons. The number of rotatable bonds is 8. The number of hydrogen-bond donors (Lipinski definition) is 0. The van der Waals surface area contributed by atoms with E-state index in [0.29, 0.717) is 21.5 Å². The lowest BCUT2D eigenvalue weighted by atomic mass is 10.2. The van der Waals surface area contributed by atoms with E-state index < -0.39 is 19.3 Å². The highest BCUT2D eigenvalue weighted by molar-refractivity contribution is 7.83. The summed E-state index contributed by atoms with van der Waals surface area (Å²) >= 11 is 0. The maximum absolute atomic E-state index is 12.3. The smallest absolute Gasteiger partial charge is 0.258 e.